The highest BCUT2D eigenvalue weighted by Gasteiger charge is 2.26. The lowest BCUT2D eigenvalue weighted by Gasteiger charge is -2.29. The fourth-order valence-electron chi connectivity index (χ4n) is 4.05. The first-order chi connectivity index (χ1) is 13.2. The van der Waals surface area contributed by atoms with E-state index in [9.17, 15) is 9.18 Å². The van der Waals surface area contributed by atoms with Gasteiger partial charge in [0.15, 0.2) is 0 Å². The van der Waals surface area contributed by atoms with Crippen LogP contribution < -0.4 is 0 Å². The Morgan fingerprint density at radius 1 is 1.11 bits per heavy atom. The molecule has 0 unspecified atom stereocenters. The number of morpholine rings is 1. The molecule has 0 N–H and O–H groups in total. The van der Waals surface area contributed by atoms with Crippen LogP contribution in [0.3, 0.4) is 0 Å². The molecule has 6 heteroatoms. The van der Waals surface area contributed by atoms with Crippen molar-refractivity contribution >= 4 is 5.91 Å². The molecule has 1 aromatic carbocycles. The molecule has 5 nitrogen and oxygen atoms in total. The molecule has 3 heterocycles. The first kappa shape index (κ1) is 18.2. The molecule has 0 radical (unpaired) electrons. The number of ether oxygens (including phenoxy) is 1. The van der Waals surface area contributed by atoms with Crippen LogP contribution in [0.4, 0.5) is 4.39 Å². The normalized spacial score (nSPS) is 20.9. The lowest BCUT2D eigenvalue weighted by molar-refractivity contribution is -0.136. The van der Waals surface area contributed by atoms with E-state index in [1.807, 2.05) is 17.0 Å². The average molecular weight is 371 g/mol. The number of carbonyl (C=O) groups excluding carboxylic acids is 1. The summed E-state index contributed by atoms with van der Waals surface area (Å²) in [6.07, 6.45) is 2.65. The highest BCUT2D eigenvalue weighted by atomic mass is 19.1. The standard InChI is InChI=1S/C21H26FN3O2/c22-19-5-3-17(4-6-19)13-23-14-18(15-25-7-1-2-20(25)16-23)12-21(26)24-8-10-27-11-9-24/h1-7,18H,8-16H2/t18-/m0/s1. The van der Waals surface area contributed by atoms with Gasteiger partial charge in [-0.1, -0.05) is 12.1 Å². The Bertz CT molecular complexity index is 768. The van der Waals surface area contributed by atoms with E-state index in [2.05, 4.69) is 27.8 Å². The van der Waals surface area contributed by atoms with E-state index in [1.54, 1.807) is 0 Å². The van der Waals surface area contributed by atoms with Crippen LogP contribution in [0.25, 0.3) is 0 Å². The maximum Gasteiger partial charge on any atom is 0.223 e. The van der Waals surface area contributed by atoms with Crippen LogP contribution in [-0.4, -0.2) is 53.1 Å². The summed E-state index contributed by atoms with van der Waals surface area (Å²) in [7, 11) is 0. The van der Waals surface area contributed by atoms with Gasteiger partial charge in [0.2, 0.25) is 5.91 Å². The van der Waals surface area contributed by atoms with Crippen LogP contribution >= 0.6 is 0 Å². The number of halogens is 1. The van der Waals surface area contributed by atoms with E-state index >= 15 is 0 Å². The summed E-state index contributed by atoms with van der Waals surface area (Å²) in [5.41, 5.74) is 2.35. The van der Waals surface area contributed by atoms with E-state index in [-0.39, 0.29) is 17.6 Å². The molecule has 1 aromatic heterocycles. The SMILES string of the molecule is O=C(C[C@H]1CN(Cc2ccc(F)cc2)Cc2cccn2C1)N1CCOCC1. The van der Waals surface area contributed by atoms with Gasteiger partial charge < -0.3 is 14.2 Å². The van der Waals surface area contributed by atoms with Crippen molar-refractivity contribution in [1.29, 1.82) is 0 Å². The van der Waals surface area contributed by atoms with Crippen molar-refractivity contribution in [3.63, 3.8) is 0 Å². The lowest BCUT2D eigenvalue weighted by atomic mass is 10.0. The Kier molecular flexibility index (Phi) is 5.55. The highest BCUT2D eigenvalue weighted by molar-refractivity contribution is 5.76. The summed E-state index contributed by atoms with van der Waals surface area (Å²) in [5.74, 6) is 0.271. The number of fused-ring (bicyclic) bond motifs is 1. The minimum Gasteiger partial charge on any atom is -0.378 e. The molecule has 1 saturated heterocycles. The van der Waals surface area contributed by atoms with Crippen molar-refractivity contribution in [1.82, 2.24) is 14.4 Å². The van der Waals surface area contributed by atoms with E-state index in [0.29, 0.717) is 32.7 Å². The smallest absolute Gasteiger partial charge is 0.223 e. The molecule has 27 heavy (non-hydrogen) atoms. The Balaban J connectivity index is 1.46. The number of hydrogen-bond donors (Lipinski definition) is 0. The third-order valence-electron chi connectivity index (χ3n) is 5.43. The molecule has 1 atom stereocenters. The number of aromatic nitrogens is 1. The quantitative estimate of drug-likeness (QED) is 0.829. The Hall–Kier alpha value is -2.18. The van der Waals surface area contributed by atoms with Crippen LogP contribution in [0.2, 0.25) is 0 Å². The van der Waals surface area contributed by atoms with E-state index in [1.165, 1.54) is 17.8 Å². The van der Waals surface area contributed by atoms with Gasteiger partial charge in [-0.05, 0) is 35.7 Å². The molecule has 0 bridgehead atoms. The zero-order chi connectivity index (χ0) is 18.6. The van der Waals surface area contributed by atoms with Gasteiger partial charge in [-0.15, -0.1) is 0 Å². The van der Waals surface area contributed by atoms with Gasteiger partial charge in [0.1, 0.15) is 5.82 Å². The van der Waals surface area contributed by atoms with Gasteiger partial charge in [0.25, 0.3) is 0 Å². The molecule has 0 spiro atoms. The van der Waals surface area contributed by atoms with Crippen molar-refractivity contribution in [2.75, 3.05) is 32.8 Å². The molecule has 1 amide bonds. The topological polar surface area (TPSA) is 37.7 Å². The highest BCUT2D eigenvalue weighted by Crippen LogP contribution is 2.22. The third-order valence-corrected chi connectivity index (χ3v) is 5.43. The van der Waals surface area contributed by atoms with Gasteiger partial charge in [-0.3, -0.25) is 9.69 Å². The number of carbonyl (C=O) groups is 1. The third kappa shape index (κ3) is 4.57. The summed E-state index contributed by atoms with van der Waals surface area (Å²) < 4.78 is 20.8. The van der Waals surface area contributed by atoms with Gasteiger partial charge in [-0.2, -0.15) is 0 Å². The van der Waals surface area contributed by atoms with Crippen LogP contribution in [0.5, 0.6) is 0 Å². The number of hydrogen-bond acceptors (Lipinski definition) is 3. The number of rotatable bonds is 4. The summed E-state index contributed by atoms with van der Waals surface area (Å²) in [6, 6.07) is 10.9. The predicted octanol–water partition coefficient (Wildman–Crippen LogP) is 2.51. The van der Waals surface area contributed by atoms with E-state index in [0.717, 1.165) is 31.7 Å². The Morgan fingerprint density at radius 3 is 2.67 bits per heavy atom. The summed E-state index contributed by atoms with van der Waals surface area (Å²) in [5, 5.41) is 0. The van der Waals surface area contributed by atoms with Crippen molar-refractivity contribution in [2.24, 2.45) is 5.92 Å². The largest absolute Gasteiger partial charge is 0.378 e. The lowest BCUT2D eigenvalue weighted by Crippen LogP contribution is -2.42. The second-order valence-corrected chi connectivity index (χ2v) is 7.51. The van der Waals surface area contributed by atoms with Gasteiger partial charge in [0.05, 0.1) is 13.2 Å². The first-order valence-electron chi connectivity index (χ1n) is 9.64. The molecule has 0 saturated carbocycles. The fraction of sp³-hybridized carbons (Fsp3) is 0.476. The molecule has 1 fully saturated rings. The van der Waals surface area contributed by atoms with Crippen molar-refractivity contribution in [3.05, 3.63) is 59.7 Å². The minimum atomic E-state index is -0.211. The molecule has 4 rings (SSSR count). The Morgan fingerprint density at radius 2 is 1.89 bits per heavy atom. The maximum atomic E-state index is 13.2. The Labute approximate surface area is 159 Å². The molecule has 2 aliphatic heterocycles. The zero-order valence-electron chi connectivity index (χ0n) is 15.5. The van der Waals surface area contributed by atoms with Crippen LogP contribution in [0.1, 0.15) is 17.7 Å². The van der Waals surface area contributed by atoms with Crippen LogP contribution in [-0.2, 0) is 29.2 Å². The predicted molar refractivity (Wildman–Crippen MR) is 100 cm³/mol. The molecule has 144 valence electrons. The van der Waals surface area contributed by atoms with Crippen molar-refractivity contribution < 1.29 is 13.9 Å². The zero-order valence-corrected chi connectivity index (χ0v) is 15.5. The van der Waals surface area contributed by atoms with E-state index in [4.69, 9.17) is 4.74 Å². The van der Waals surface area contributed by atoms with Crippen LogP contribution in [0, 0.1) is 11.7 Å². The van der Waals surface area contributed by atoms with Gasteiger partial charge in [0, 0.05) is 57.6 Å². The number of nitrogens with zero attached hydrogens (tertiary/aromatic N) is 3. The number of amides is 1. The van der Waals surface area contributed by atoms with Gasteiger partial charge in [-0.25, -0.2) is 4.39 Å². The molecule has 2 aliphatic rings. The maximum absolute atomic E-state index is 13.2. The second-order valence-electron chi connectivity index (χ2n) is 7.51. The summed E-state index contributed by atoms with van der Waals surface area (Å²) >= 11 is 0. The first-order valence-corrected chi connectivity index (χ1v) is 9.64. The molecule has 0 aliphatic carbocycles. The van der Waals surface area contributed by atoms with E-state index < -0.39 is 0 Å². The van der Waals surface area contributed by atoms with Crippen LogP contribution in [0.15, 0.2) is 42.6 Å². The number of benzene rings is 1. The summed E-state index contributed by atoms with van der Waals surface area (Å²) in [4.78, 5) is 17.0. The molecule has 2 aromatic rings. The molecular formula is C21H26FN3O2. The summed E-state index contributed by atoms with van der Waals surface area (Å²) in [6.45, 7) is 5.97. The second kappa shape index (κ2) is 8.23. The average Bonchev–Trinajstić information content (AvgIpc) is 3.04. The molecular weight excluding hydrogens is 345 g/mol. The monoisotopic (exact) mass is 371 g/mol. The van der Waals surface area contributed by atoms with Gasteiger partial charge >= 0.3 is 0 Å². The van der Waals surface area contributed by atoms with Crippen molar-refractivity contribution in [3.8, 4) is 0 Å². The van der Waals surface area contributed by atoms with Crippen molar-refractivity contribution in [2.45, 2.75) is 26.1 Å². The minimum absolute atomic E-state index is 0.211. The fourth-order valence-corrected chi connectivity index (χ4v) is 4.05.